The van der Waals surface area contributed by atoms with E-state index in [1.165, 1.54) is 24.3 Å². The lowest BCUT2D eigenvalue weighted by molar-refractivity contribution is -0.137. The van der Waals surface area contributed by atoms with Gasteiger partial charge in [0.2, 0.25) is 0 Å². The van der Waals surface area contributed by atoms with Crippen LogP contribution in [0.5, 0.6) is 0 Å². The molecule has 5 rings (SSSR count). The highest BCUT2D eigenvalue weighted by atomic mass is 19.4. The highest BCUT2D eigenvalue weighted by molar-refractivity contribution is 5.76. The van der Waals surface area contributed by atoms with Crippen LogP contribution in [0.1, 0.15) is 98.6 Å². The zero-order valence-corrected chi connectivity index (χ0v) is 21.8. The first-order valence-corrected chi connectivity index (χ1v) is 13.1. The van der Waals surface area contributed by atoms with E-state index >= 15 is 4.39 Å². The Balaban J connectivity index is 1.81. The predicted molar refractivity (Wildman–Crippen MR) is 137 cm³/mol. The molecule has 0 saturated heterocycles. The van der Waals surface area contributed by atoms with Crippen molar-refractivity contribution in [2.75, 3.05) is 0 Å². The quantitative estimate of drug-likeness (QED) is 0.343. The summed E-state index contributed by atoms with van der Waals surface area (Å²) in [6.07, 6.45) is -1.67. The lowest BCUT2D eigenvalue weighted by atomic mass is 9.66. The van der Waals surface area contributed by atoms with Crippen molar-refractivity contribution in [3.63, 3.8) is 0 Å². The van der Waals surface area contributed by atoms with E-state index in [4.69, 9.17) is 4.98 Å². The van der Waals surface area contributed by atoms with Crippen molar-refractivity contribution in [2.45, 2.75) is 83.2 Å². The molecule has 0 aliphatic heterocycles. The molecule has 2 nitrogen and oxygen atoms in total. The molecular formula is C31H32F5NO. The van der Waals surface area contributed by atoms with E-state index in [-0.39, 0.29) is 22.5 Å². The number of aromatic nitrogens is 1. The molecule has 2 aromatic carbocycles. The number of nitrogens with zero attached hydrogens (tertiary/aromatic N) is 1. The smallest absolute Gasteiger partial charge is 0.385 e. The van der Waals surface area contributed by atoms with Crippen LogP contribution in [0, 0.1) is 11.2 Å². The Hall–Kier alpha value is -2.80. The van der Waals surface area contributed by atoms with E-state index in [0.717, 1.165) is 37.8 Å². The van der Waals surface area contributed by atoms with E-state index in [9.17, 15) is 22.7 Å². The van der Waals surface area contributed by atoms with Crippen LogP contribution in [0.15, 0.2) is 48.5 Å². The van der Waals surface area contributed by atoms with Gasteiger partial charge in [-0.05, 0) is 79.0 Å². The van der Waals surface area contributed by atoms with Gasteiger partial charge in [0.25, 0.3) is 0 Å². The monoisotopic (exact) mass is 529 g/mol. The summed E-state index contributed by atoms with van der Waals surface area (Å²) in [5.74, 6) is -0.446. The third kappa shape index (κ3) is 4.97. The predicted octanol–water partition coefficient (Wildman–Crippen LogP) is 8.80. The van der Waals surface area contributed by atoms with Crippen LogP contribution in [-0.4, -0.2) is 10.1 Å². The van der Waals surface area contributed by atoms with Crippen molar-refractivity contribution in [3.8, 4) is 11.1 Å². The molecule has 0 spiro atoms. The number of benzene rings is 2. The number of pyridine rings is 1. The van der Waals surface area contributed by atoms with Gasteiger partial charge in [-0.25, -0.2) is 8.78 Å². The molecule has 1 N–H and O–H groups in total. The van der Waals surface area contributed by atoms with Crippen LogP contribution in [0.2, 0.25) is 0 Å². The van der Waals surface area contributed by atoms with E-state index in [2.05, 4.69) is 13.8 Å². The maximum atomic E-state index is 16.7. The van der Waals surface area contributed by atoms with Crippen molar-refractivity contribution in [1.82, 2.24) is 4.98 Å². The fraction of sp³-hybridized carbons (Fsp3) is 0.452. The molecule has 0 radical (unpaired) electrons. The summed E-state index contributed by atoms with van der Waals surface area (Å²) in [5, 5.41) is 11.8. The second-order valence-corrected chi connectivity index (χ2v) is 11.9. The molecular weight excluding hydrogens is 497 g/mol. The summed E-state index contributed by atoms with van der Waals surface area (Å²) in [6.45, 7) is 5.83. The molecule has 0 bridgehead atoms. The molecule has 7 heteroatoms. The minimum absolute atomic E-state index is 0.00261. The molecule has 202 valence electrons. The number of hydrogen-bond donors (Lipinski definition) is 1. The summed E-state index contributed by atoms with van der Waals surface area (Å²) in [7, 11) is 0. The largest absolute Gasteiger partial charge is 0.416 e. The Morgan fingerprint density at radius 3 is 2.13 bits per heavy atom. The fourth-order valence-electron chi connectivity index (χ4n) is 6.60. The van der Waals surface area contributed by atoms with Crippen LogP contribution in [-0.2, 0) is 18.2 Å². The molecule has 2 unspecified atom stereocenters. The highest BCUT2D eigenvalue weighted by Gasteiger charge is 2.44. The second kappa shape index (κ2) is 9.44. The zero-order valence-electron chi connectivity index (χ0n) is 21.8. The Labute approximate surface area is 219 Å². The summed E-state index contributed by atoms with van der Waals surface area (Å²) in [4.78, 5) is 5.04. The third-order valence-corrected chi connectivity index (χ3v) is 8.01. The average Bonchev–Trinajstić information content (AvgIpc) is 3.36. The first-order chi connectivity index (χ1) is 17.8. The van der Waals surface area contributed by atoms with Gasteiger partial charge in [0.1, 0.15) is 5.82 Å². The molecule has 38 heavy (non-hydrogen) atoms. The number of alkyl halides is 4. The molecule has 2 aliphatic carbocycles. The van der Waals surface area contributed by atoms with Gasteiger partial charge < -0.3 is 5.11 Å². The van der Waals surface area contributed by atoms with Gasteiger partial charge in [0, 0.05) is 22.7 Å². The minimum atomic E-state index is -4.53. The fourth-order valence-corrected chi connectivity index (χ4v) is 6.60. The van der Waals surface area contributed by atoms with E-state index in [0.29, 0.717) is 40.9 Å². The Bertz CT molecular complexity index is 1320. The molecule has 1 saturated carbocycles. The Kier molecular flexibility index (Phi) is 6.65. The van der Waals surface area contributed by atoms with E-state index < -0.39 is 29.3 Å². The summed E-state index contributed by atoms with van der Waals surface area (Å²) in [6, 6.07) is 9.85. The normalized spacial score (nSPS) is 22.3. The third-order valence-electron chi connectivity index (χ3n) is 8.01. The number of halogens is 5. The molecule has 1 aromatic heterocycles. The van der Waals surface area contributed by atoms with Gasteiger partial charge in [-0.3, -0.25) is 4.98 Å². The molecule has 1 heterocycles. The average molecular weight is 530 g/mol. The van der Waals surface area contributed by atoms with Crippen LogP contribution in [0.25, 0.3) is 11.1 Å². The van der Waals surface area contributed by atoms with Crippen LogP contribution in [0.4, 0.5) is 22.0 Å². The summed E-state index contributed by atoms with van der Waals surface area (Å²) in [5.41, 5.74) is 0.764. The Morgan fingerprint density at radius 2 is 1.55 bits per heavy atom. The lowest BCUT2D eigenvalue weighted by Gasteiger charge is -2.43. The van der Waals surface area contributed by atoms with Crippen molar-refractivity contribution in [1.29, 1.82) is 0 Å². The van der Waals surface area contributed by atoms with Crippen molar-refractivity contribution >= 4 is 0 Å². The SMILES string of the molecule is CC1(C)Cc2nc(C3CCCC3)c(C(F)c3ccc(C(F)(F)F)cc3)c(-c3ccc(F)cc3)c2C(C)(O)C1. The first kappa shape index (κ1) is 26.8. The first-order valence-electron chi connectivity index (χ1n) is 13.1. The van der Waals surface area contributed by atoms with Gasteiger partial charge in [-0.1, -0.05) is 51.0 Å². The maximum Gasteiger partial charge on any atom is 0.416 e. The molecule has 2 aliphatic rings. The van der Waals surface area contributed by atoms with E-state index in [1.54, 1.807) is 19.1 Å². The number of hydrogen-bond acceptors (Lipinski definition) is 2. The Morgan fingerprint density at radius 1 is 0.947 bits per heavy atom. The molecule has 3 aromatic rings. The molecule has 1 fully saturated rings. The molecule has 0 amide bonds. The summed E-state index contributed by atoms with van der Waals surface area (Å²) < 4.78 is 70.3. The second-order valence-electron chi connectivity index (χ2n) is 11.9. The highest BCUT2D eigenvalue weighted by Crippen LogP contribution is 2.52. The van der Waals surface area contributed by atoms with Crippen molar-refractivity contribution in [2.24, 2.45) is 5.41 Å². The van der Waals surface area contributed by atoms with Crippen LogP contribution >= 0.6 is 0 Å². The number of aliphatic hydroxyl groups is 1. The number of fused-ring (bicyclic) bond motifs is 1. The van der Waals surface area contributed by atoms with E-state index in [1.807, 2.05) is 0 Å². The van der Waals surface area contributed by atoms with Crippen LogP contribution < -0.4 is 0 Å². The van der Waals surface area contributed by atoms with Gasteiger partial charge >= 0.3 is 6.18 Å². The molecule has 2 atom stereocenters. The van der Waals surface area contributed by atoms with Crippen LogP contribution in [0.3, 0.4) is 0 Å². The van der Waals surface area contributed by atoms with Gasteiger partial charge in [-0.2, -0.15) is 13.2 Å². The van der Waals surface area contributed by atoms with Gasteiger partial charge in [0.15, 0.2) is 6.17 Å². The van der Waals surface area contributed by atoms with Gasteiger partial charge in [0.05, 0.1) is 16.9 Å². The summed E-state index contributed by atoms with van der Waals surface area (Å²) >= 11 is 0. The standard InChI is InChI=1S/C31H32F5NO/c1-29(2)16-23-26(30(3,38)17-29)24(18-10-14-22(32)15-11-18)25(28(37-23)20-6-4-5-7-20)27(33)19-8-12-21(13-9-19)31(34,35)36/h8-15,20,27,38H,4-7,16-17H2,1-3H3. The topological polar surface area (TPSA) is 33.1 Å². The van der Waals surface area contributed by atoms with Gasteiger partial charge in [-0.15, -0.1) is 0 Å². The number of rotatable bonds is 4. The lowest BCUT2D eigenvalue weighted by Crippen LogP contribution is -2.38. The minimum Gasteiger partial charge on any atom is -0.385 e. The maximum absolute atomic E-state index is 16.7. The van der Waals surface area contributed by atoms with Crippen molar-refractivity contribution in [3.05, 3.63) is 88.0 Å². The zero-order chi connectivity index (χ0) is 27.5. The van der Waals surface area contributed by atoms with Crippen molar-refractivity contribution < 1.29 is 27.1 Å².